The van der Waals surface area contributed by atoms with Crippen molar-refractivity contribution < 1.29 is 24.0 Å². The predicted octanol–water partition coefficient (Wildman–Crippen LogP) is 1.73. The Kier molecular flexibility index (Phi) is 5.48. The van der Waals surface area contributed by atoms with Crippen molar-refractivity contribution in [3.05, 3.63) is 34.4 Å². The normalized spacial score (nSPS) is 21.3. The fraction of sp³-hybridized carbons (Fsp3) is 0.529. The molecule has 2 fully saturated rings. The van der Waals surface area contributed by atoms with Gasteiger partial charge in [0, 0.05) is 37.2 Å². The summed E-state index contributed by atoms with van der Waals surface area (Å²) in [4.78, 5) is 33.9. The van der Waals surface area contributed by atoms with Crippen LogP contribution >= 0.6 is 0 Å². The molecule has 1 heterocycles. The number of hydrogen-bond donors (Lipinski definition) is 2. The lowest BCUT2D eigenvalue weighted by molar-refractivity contribution is -0.384. The van der Waals surface area contributed by atoms with Crippen molar-refractivity contribution in [3.8, 4) is 0 Å². The molecule has 0 aromatic heterocycles. The highest BCUT2D eigenvalue weighted by Gasteiger charge is 2.42. The van der Waals surface area contributed by atoms with E-state index in [0.29, 0.717) is 12.3 Å². The Morgan fingerprint density at radius 3 is 2.50 bits per heavy atom. The van der Waals surface area contributed by atoms with Gasteiger partial charge in [-0.1, -0.05) is 6.42 Å². The molecule has 1 saturated heterocycles. The van der Waals surface area contributed by atoms with Gasteiger partial charge in [-0.2, -0.15) is 0 Å². The molecule has 1 aromatic carbocycles. The molecule has 1 unspecified atom stereocenters. The van der Waals surface area contributed by atoms with Crippen LogP contribution in [0.1, 0.15) is 32.1 Å². The van der Waals surface area contributed by atoms with Crippen LogP contribution in [-0.4, -0.2) is 41.8 Å². The second kappa shape index (κ2) is 7.79. The summed E-state index contributed by atoms with van der Waals surface area (Å²) in [6.07, 6.45) is 4.76. The number of carbonyl (C=O) groups is 2. The van der Waals surface area contributed by atoms with E-state index in [4.69, 9.17) is 9.47 Å². The number of nitrogens with one attached hydrogen (secondary N) is 2. The second-order valence-corrected chi connectivity index (χ2v) is 6.49. The lowest BCUT2D eigenvalue weighted by Crippen LogP contribution is -2.41. The summed E-state index contributed by atoms with van der Waals surface area (Å²) in [6, 6.07) is 5.23. The molecule has 1 spiro atoms. The topological polar surface area (TPSA) is 120 Å². The molecule has 3 rings (SSSR count). The van der Waals surface area contributed by atoms with Crippen LogP contribution in [0.3, 0.4) is 0 Å². The first-order chi connectivity index (χ1) is 12.5. The summed E-state index contributed by atoms with van der Waals surface area (Å²) in [6.45, 7) is 0.582. The van der Waals surface area contributed by atoms with Crippen molar-refractivity contribution in [2.45, 2.75) is 44.0 Å². The maximum atomic E-state index is 11.9. The van der Waals surface area contributed by atoms with Gasteiger partial charge in [0.25, 0.3) is 5.69 Å². The molecule has 2 N–H and O–H groups in total. The van der Waals surface area contributed by atoms with E-state index in [9.17, 15) is 19.7 Å². The highest BCUT2D eigenvalue weighted by Crippen LogP contribution is 2.37. The Morgan fingerprint density at radius 1 is 1.15 bits per heavy atom. The molecule has 26 heavy (non-hydrogen) atoms. The van der Waals surface area contributed by atoms with Gasteiger partial charge in [-0.3, -0.25) is 19.7 Å². The van der Waals surface area contributed by atoms with Gasteiger partial charge in [-0.05, 0) is 25.0 Å². The summed E-state index contributed by atoms with van der Waals surface area (Å²) in [7, 11) is 0. The van der Waals surface area contributed by atoms with Crippen LogP contribution in [0.2, 0.25) is 0 Å². The average molecular weight is 363 g/mol. The van der Waals surface area contributed by atoms with Crippen molar-refractivity contribution >= 4 is 23.2 Å². The number of rotatable bonds is 4. The minimum absolute atomic E-state index is 0.0949. The van der Waals surface area contributed by atoms with Gasteiger partial charge in [0.05, 0.1) is 11.5 Å². The quantitative estimate of drug-likeness (QED) is 0.477. The largest absolute Gasteiger partial charge is 0.347 e. The van der Waals surface area contributed by atoms with Gasteiger partial charge in [0.1, 0.15) is 6.10 Å². The third-order valence-electron chi connectivity index (χ3n) is 4.56. The molecule has 1 atom stereocenters. The first-order valence-corrected chi connectivity index (χ1v) is 8.63. The molecule has 1 saturated carbocycles. The third-order valence-corrected chi connectivity index (χ3v) is 4.56. The van der Waals surface area contributed by atoms with Crippen LogP contribution < -0.4 is 10.6 Å². The Morgan fingerprint density at radius 2 is 1.85 bits per heavy atom. The molecule has 9 nitrogen and oxygen atoms in total. The van der Waals surface area contributed by atoms with E-state index in [0.717, 1.165) is 25.7 Å². The fourth-order valence-electron chi connectivity index (χ4n) is 3.21. The van der Waals surface area contributed by atoms with E-state index in [1.165, 1.54) is 30.7 Å². The number of hydrogen-bond acceptors (Lipinski definition) is 6. The summed E-state index contributed by atoms with van der Waals surface area (Å²) in [5.74, 6) is -2.16. The van der Waals surface area contributed by atoms with E-state index >= 15 is 0 Å². The number of nitro benzene ring substituents is 1. The Balaban J connectivity index is 1.44. The van der Waals surface area contributed by atoms with Gasteiger partial charge in [-0.25, -0.2) is 0 Å². The lowest BCUT2D eigenvalue weighted by Gasteiger charge is -2.31. The predicted molar refractivity (Wildman–Crippen MR) is 91.4 cm³/mol. The van der Waals surface area contributed by atoms with E-state index in [1.54, 1.807) is 0 Å². The Bertz CT molecular complexity index is 684. The second-order valence-electron chi connectivity index (χ2n) is 6.49. The van der Waals surface area contributed by atoms with Gasteiger partial charge < -0.3 is 20.1 Å². The number of amides is 2. The SMILES string of the molecule is O=C(NCC1COC2(CCCCC2)O1)C(=O)Nc1ccc([N+](=O)[O-])cc1. The van der Waals surface area contributed by atoms with Crippen molar-refractivity contribution in [2.75, 3.05) is 18.5 Å². The van der Waals surface area contributed by atoms with E-state index in [2.05, 4.69) is 10.6 Å². The zero-order chi connectivity index (χ0) is 18.6. The number of benzene rings is 1. The highest BCUT2D eigenvalue weighted by molar-refractivity contribution is 6.39. The van der Waals surface area contributed by atoms with Crippen LogP contribution in [0.25, 0.3) is 0 Å². The molecule has 2 aliphatic rings. The molecule has 0 bridgehead atoms. The van der Waals surface area contributed by atoms with Crippen molar-refractivity contribution in [3.63, 3.8) is 0 Å². The molecule has 140 valence electrons. The third kappa shape index (κ3) is 4.36. The Labute approximate surface area is 150 Å². The maximum Gasteiger partial charge on any atom is 0.313 e. The lowest BCUT2D eigenvalue weighted by atomic mass is 9.94. The summed E-state index contributed by atoms with van der Waals surface area (Å²) < 4.78 is 11.7. The highest BCUT2D eigenvalue weighted by atomic mass is 16.7. The first-order valence-electron chi connectivity index (χ1n) is 8.63. The molecular formula is C17H21N3O6. The molecule has 0 radical (unpaired) electrons. The van der Waals surface area contributed by atoms with E-state index < -0.39 is 22.5 Å². The van der Waals surface area contributed by atoms with Crippen molar-refractivity contribution in [1.82, 2.24) is 5.32 Å². The van der Waals surface area contributed by atoms with Crippen LogP contribution in [0.5, 0.6) is 0 Å². The minimum Gasteiger partial charge on any atom is -0.347 e. The monoisotopic (exact) mass is 363 g/mol. The number of nitro groups is 1. The van der Waals surface area contributed by atoms with E-state index in [1.807, 2.05) is 0 Å². The molecule has 1 aliphatic heterocycles. The molecule has 2 amide bonds. The number of nitrogens with zero attached hydrogens (tertiary/aromatic N) is 1. The summed E-state index contributed by atoms with van der Waals surface area (Å²) >= 11 is 0. The van der Waals surface area contributed by atoms with Gasteiger partial charge in [0.15, 0.2) is 5.79 Å². The van der Waals surface area contributed by atoms with Crippen molar-refractivity contribution in [1.29, 1.82) is 0 Å². The van der Waals surface area contributed by atoms with Crippen LogP contribution in [0.15, 0.2) is 24.3 Å². The number of carbonyl (C=O) groups excluding carboxylic acids is 2. The zero-order valence-corrected chi connectivity index (χ0v) is 14.2. The van der Waals surface area contributed by atoms with Gasteiger partial charge >= 0.3 is 11.8 Å². The number of non-ortho nitro benzene ring substituents is 1. The minimum atomic E-state index is -0.842. The van der Waals surface area contributed by atoms with Crippen LogP contribution in [0.4, 0.5) is 11.4 Å². The molecular weight excluding hydrogens is 342 g/mol. The van der Waals surface area contributed by atoms with E-state index in [-0.39, 0.29) is 18.3 Å². The molecule has 9 heteroatoms. The number of ether oxygens (including phenoxy) is 2. The smallest absolute Gasteiger partial charge is 0.313 e. The number of anilines is 1. The summed E-state index contributed by atoms with van der Waals surface area (Å²) in [5.41, 5.74) is 0.208. The standard InChI is InChI=1S/C17H21N3O6/c21-15(16(22)19-12-4-6-13(7-5-12)20(23)24)18-10-14-11-25-17(26-14)8-2-1-3-9-17/h4-7,14H,1-3,8-11H2,(H,18,21)(H,19,22). The molecule has 1 aliphatic carbocycles. The first kappa shape index (κ1) is 18.3. The van der Waals surface area contributed by atoms with Crippen LogP contribution in [0, 0.1) is 10.1 Å². The fourth-order valence-corrected chi connectivity index (χ4v) is 3.21. The zero-order valence-electron chi connectivity index (χ0n) is 14.2. The molecule has 1 aromatic rings. The van der Waals surface area contributed by atoms with Crippen molar-refractivity contribution in [2.24, 2.45) is 0 Å². The Hall–Kier alpha value is -2.52. The average Bonchev–Trinajstić information content (AvgIpc) is 3.03. The summed E-state index contributed by atoms with van der Waals surface area (Å²) in [5, 5.41) is 15.5. The van der Waals surface area contributed by atoms with Gasteiger partial charge in [0.2, 0.25) is 0 Å². The van der Waals surface area contributed by atoms with Crippen LogP contribution in [-0.2, 0) is 19.1 Å². The van der Waals surface area contributed by atoms with Gasteiger partial charge in [-0.15, -0.1) is 0 Å². The maximum absolute atomic E-state index is 11.9.